The molecule has 0 aliphatic heterocycles. The normalized spacial score (nSPS) is 12.2. The third-order valence-corrected chi connectivity index (χ3v) is 2.45. The largest absolute Gasteiger partial charge is 0.481 e. The Balaban J connectivity index is 3.05. The van der Waals surface area contributed by atoms with Crippen LogP contribution in [0, 0.1) is 0 Å². The average molecular weight is 290 g/mol. The summed E-state index contributed by atoms with van der Waals surface area (Å²) in [6, 6.07) is 3.56. The first-order chi connectivity index (χ1) is 9.31. The van der Waals surface area contributed by atoms with Crippen molar-refractivity contribution < 1.29 is 38.4 Å². The summed E-state index contributed by atoms with van der Waals surface area (Å²) in [6.07, 6.45) is -2.15. The van der Waals surface area contributed by atoms with Gasteiger partial charge in [-0.3, -0.25) is 4.79 Å². The van der Waals surface area contributed by atoms with E-state index in [0.29, 0.717) is 5.56 Å². The van der Waals surface area contributed by atoms with Crippen LogP contribution >= 0.6 is 0 Å². The van der Waals surface area contributed by atoms with Crippen molar-refractivity contribution >= 4 is 11.9 Å². The molecule has 0 aliphatic carbocycles. The number of hydrogen-bond donors (Lipinski definition) is 3. The van der Waals surface area contributed by atoms with Crippen LogP contribution in [0.4, 0.5) is 8.78 Å². The highest BCUT2D eigenvalue weighted by molar-refractivity contribution is 5.75. The number of aryl methyl sites for hydroxylation is 1. The summed E-state index contributed by atoms with van der Waals surface area (Å²) in [5.74, 6) is -3.16. The lowest BCUT2D eigenvalue weighted by Gasteiger charge is -2.14. The van der Waals surface area contributed by atoms with E-state index >= 15 is 0 Å². The van der Waals surface area contributed by atoms with Gasteiger partial charge in [-0.25, -0.2) is 4.79 Å². The molecule has 20 heavy (non-hydrogen) atoms. The smallest absolute Gasteiger partial charge is 0.387 e. The zero-order valence-corrected chi connectivity index (χ0v) is 10.1. The van der Waals surface area contributed by atoms with Gasteiger partial charge in [0.05, 0.1) is 0 Å². The number of hydrogen-bond acceptors (Lipinski definition) is 4. The van der Waals surface area contributed by atoms with Crippen molar-refractivity contribution in [3.8, 4) is 5.75 Å². The minimum atomic E-state index is -3.19. The predicted octanol–water partition coefficient (Wildman–Crippen LogP) is 1.42. The first-order valence-corrected chi connectivity index (χ1v) is 5.51. The van der Waals surface area contributed by atoms with Crippen LogP contribution in [-0.4, -0.2) is 33.9 Å². The van der Waals surface area contributed by atoms with Crippen LogP contribution in [0.15, 0.2) is 18.2 Å². The maximum Gasteiger partial charge on any atom is 0.387 e. The molecule has 1 atom stereocenters. The van der Waals surface area contributed by atoms with E-state index in [9.17, 15) is 23.5 Å². The summed E-state index contributed by atoms with van der Waals surface area (Å²) >= 11 is 0. The summed E-state index contributed by atoms with van der Waals surface area (Å²) in [5.41, 5.74) is 0.0567. The first-order valence-electron chi connectivity index (χ1n) is 5.51. The number of rotatable bonds is 7. The predicted molar refractivity (Wildman–Crippen MR) is 61.6 cm³/mol. The highest BCUT2D eigenvalue weighted by Gasteiger charge is 2.22. The van der Waals surface area contributed by atoms with Gasteiger partial charge in [0.1, 0.15) is 5.75 Å². The molecular weight excluding hydrogens is 278 g/mol. The standard InChI is InChI=1S/C12H12F2O6/c13-12(14)20-8-5-6(2-4-9(15)16)1-3-7(8)10(17)11(18)19/h1,3,5,10,12,17H,2,4H2,(H,15,16)(H,18,19). The van der Waals surface area contributed by atoms with Gasteiger partial charge in [-0.15, -0.1) is 0 Å². The van der Waals surface area contributed by atoms with Crippen LogP contribution in [0.2, 0.25) is 0 Å². The quantitative estimate of drug-likeness (QED) is 0.701. The van der Waals surface area contributed by atoms with E-state index < -0.39 is 30.4 Å². The van der Waals surface area contributed by atoms with Crippen LogP contribution in [0.3, 0.4) is 0 Å². The lowest BCUT2D eigenvalue weighted by molar-refractivity contribution is -0.147. The molecule has 8 heteroatoms. The molecular formula is C12H12F2O6. The van der Waals surface area contributed by atoms with Crippen molar-refractivity contribution in [2.24, 2.45) is 0 Å². The van der Waals surface area contributed by atoms with Crippen molar-refractivity contribution in [1.29, 1.82) is 0 Å². The summed E-state index contributed by atoms with van der Waals surface area (Å²) in [6.45, 7) is -3.19. The molecule has 0 radical (unpaired) electrons. The number of carboxylic acid groups (broad SMARTS) is 2. The number of aliphatic carboxylic acids is 2. The van der Waals surface area contributed by atoms with Gasteiger partial charge in [0.25, 0.3) is 0 Å². The van der Waals surface area contributed by atoms with E-state index in [1.807, 2.05) is 0 Å². The fourth-order valence-electron chi connectivity index (χ4n) is 1.54. The number of aliphatic hydroxyl groups is 1. The third-order valence-electron chi connectivity index (χ3n) is 2.45. The number of carboxylic acids is 2. The Labute approximate surface area is 112 Å². The molecule has 1 aromatic rings. The summed E-state index contributed by atoms with van der Waals surface area (Å²) in [5, 5.41) is 26.6. The topological polar surface area (TPSA) is 104 Å². The Kier molecular flexibility index (Phi) is 5.39. The highest BCUT2D eigenvalue weighted by atomic mass is 19.3. The molecule has 0 saturated heterocycles. The van der Waals surface area contributed by atoms with Crippen LogP contribution < -0.4 is 4.74 Å². The number of alkyl halides is 2. The zero-order valence-electron chi connectivity index (χ0n) is 10.1. The highest BCUT2D eigenvalue weighted by Crippen LogP contribution is 2.28. The molecule has 1 aromatic carbocycles. The number of carbonyl (C=O) groups is 2. The van der Waals surface area contributed by atoms with E-state index in [4.69, 9.17) is 10.2 Å². The minimum Gasteiger partial charge on any atom is -0.481 e. The van der Waals surface area contributed by atoms with Gasteiger partial charge in [0, 0.05) is 12.0 Å². The zero-order chi connectivity index (χ0) is 15.3. The summed E-state index contributed by atoms with van der Waals surface area (Å²) < 4.78 is 28.7. The SMILES string of the molecule is O=C(O)CCc1ccc(C(O)C(=O)O)c(OC(F)F)c1. The maximum atomic E-state index is 12.3. The van der Waals surface area contributed by atoms with E-state index in [2.05, 4.69) is 4.74 Å². The second-order valence-corrected chi connectivity index (χ2v) is 3.89. The van der Waals surface area contributed by atoms with Gasteiger partial charge < -0.3 is 20.1 Å². The van der Waals surface area contributed by atoms with Crippen LogP contribution in [0.5, 0.6) is 5.75 Å². The Bertz CT molecular complexity index is 503. The van der Waals surface area contributed by atoms with E-state index in [-0.39, 0.29) is 18.4 Å². The average Bonchev–Trinajstić information content (AvgIpc) is 2.35. The van der Waals surface area contributed by atoms with E-state index in [0.717, 1.165) is 12.1 Å². The van der Waals surface area contributed by atoms with Crippen LogP contribution in [-0.2, 0) is 16.0 Å². The Hall–Kier alpha value is -2.22. The number of halogens is 2. The molecule has 0 aromatic heterocycles. The lowest BCUT2D eigenvalue weighted by Crippen LogP contribution is -2.14. The number of benzene rings is 1. The van der Waals surface area contributed by atoms with Gasteiger partial charge in [-0.05, 0) is 18.1 Å². The van der Waals surface area contributed by atoms with Gasteiger partial charge in [-0.2, -0.15) is 8.78 Å². The van der Waals surface area contributed by atoms with Crippen molar-refractivity contribution in [3.05, 3.63) is 29.3 Å². The Morgan fingerprint density at radius 3 is 2.40 bits per heavy atom. The molecule has 1 unspecified atom stereocenters. The third kappa shape index (κ3) is 4.47. The molecule has 1 rings (SSSR count). The number of aliphatic hydroxyl groups excluding tert-OH is 1. The van der Waals surface area contributed by atoms with Crippen LogP contribution in [0.1, 0.15) is 23.7 Å². The Morgan fingerprint density at radius 1 is 1.25 bits per heavy atom. The van der Waals surface area contributed by atoms with Crippen molar-refractivity contribution in [2.75, 3.05) is 0 Å². The molecule has 110 valence electrons. The maximum absolute atomic E-state index is 12.3. The minimum absolute atomic E-state index is 0.0678. The summed E-state index contributed by atoms with van der Waals surface area (Å²) in [4.78, 5) is 21.1. The van der Waals surface area contributed by atoms with Crippen molar-refractivity contribution in [3.63, 3.8) is 0 Å². The number of ether oxygens (including phenoxy) is 1. The molecule has 3 N–H and O–H groups in total. The van der Waals surface area contributed by atoms with Crippen LogP contribution in [0.25, 0.3) is 0 Å². The van der Waals surface area contributed by atoms with Crippen molar-refractivity contribution in [2.45, 2.75) is 25.6 Å². The lowest BCUT2D eigenvalue weighted by atomic mass is 10.0. The monoisotopic (exact) mass is 290 g/mol. The molecule has 0 aliphatic rings. The van der Waals surface area contributed by atoms with Crippen molar-refractivity contribution in [1.82, 2.24) is 0 Å². The van der Waals surface area contributed by atoms with E-state index in [1.165, 1.54) is 6.07 Å². The molecule has 0 amide bonds. The molecule has 0 fully saturated rings. The fourth-order valence-corrected chi connectivity index (χ4v) is 1.54. The molecule has 6 nitrogen and oxygen atoms in total. The molecule has 0 bridgehead atoms. The second kappa shape index (κ2) is 6.80. The van der Waals surface area contributed by atoms with Gasteiger partial charge in [0.2, 0.25) is 0 Å². The first kappa shape index (κ1) is 15.8. The molecule has 0 heterocycles. The van der Waals surface area contributed by atoms with Gasteiger partial charge >= 0.3 is 18.6 Å². The van der Waals surface area contributed by atoms with Gasteiger partial charge in [-0.1, -0.05) is 12.1 Å². The van der Waals surface area contributed by atoms with E-state index in [1.54, 1.807) is 0 Å². The summed E-state index contributed by atoms with van der Waals surface area (Å²) in [7, 11) is 0. The molecule has 0 spiro atoms. The molecule has 0 saturated carbocycles. The Morgan fingerprint density at radius 2 is 1.90 bits per heavy atom. The van der Waals surface area contributed by atoms with Gasteiger partial charge in [0.15, 0.2) is 6.10 Å². The second-order valence-electron chi connectivity index (χ2n) is 3.89. The fraction of sp³-hybridized carbons (Fsp3) is 0.333.